The molecule has 9 nitrogen and oxygen atoms in total. The van der Waals surface area contributed by atoms with E-state index in [4.69, 9.17) is 23.7 Å². The topological polar surface area (TPSA) is 118 Å². The first-order chi connectivity index (χ1) is 22.9. The lowest BCUT2D eigenvalue weighted by Gasteiger charge is -2.56. The van der Waals surface area contributed by atoms with E-state index in [1.54, 1.807) is 26.2 Å². The molecular formula is C40H50O9. The van der Waals surface area contributed by atoms with Crippen LogP contribution in [0.2, 0.25) is 0 Å². The molecule has 7 aliphatic rings. The van der Waals surface area contributed by atoms with Crippen molar-refractivity contribution in [3.8, 4) is 17.2 Å². The van der Waals surface area contributed by atoms with Crippen molar-refractivity contribution in [2.75, 3.05) is 14.2 Å². The highest BCUT2D eigenvalue weighted by atomic mass is 16.6. The van der Waals surface area contributed by atoms with Gasteiger partial charge in [0.2, 0.25) is 0 Å². The number of ether oxygens (including phenoxy) is 5. The van der Waals surface area contributed by atoms with Crippen molar-refractivity contribution in [3.63, 3.8) is 0 Å². The van der Waals surface area contributed by atoms with Crippen LogP contribution in [-0.2, 0) is 30.2 Å². The van der Waals surface area contributed by atoms with Gasteiger partial charge < -0.3 is 28.8 Å². The Morgan fingerprint density at radius 1 is 1.02 bits per heavy atom. The van der Waals surface area contributed by atoms with Gasteiger partial charge in [0.25, 0.3) is 0 Å². The molecule has 1 N–H and O–H groups in total. The van der Waals surface area contributed by atoms with Crippen molar-refractivity contribution >= 4 is 17.5 Å². The second kappa shape index (κ2) is 10.8. The predicted molar refractivity (Wildman–Crippen MR) is 182 cm³/mol. The Balaban J connectivity index is 1.49. The molecule has 4 aliphatic carbocycles. The van der Waals surface area contributed by atoms with E-state index in [9.17, 15) is 14.7 Å². The highest BCUT2D eigenvalue weighted by Crippen LogP contribution is 2.69. The first kappa shape index (κ1) is 34.0. The maximum Gasteiger partial charge on any atom is 0.333 e. The fraction of sp³-hybridized carbons (Fsp3) is 0.625. The molecule has 3 heterocycles. The molecule has 1 spiro atoms. The van der Waals surface area contributed by atoms with Crippen LogP contribution in [0.15, 0.2) is 34.4 Å². The number of esters is 1. The standard InChI is InChI=1S/C40H50O9/c1-20(2)23-13-15-38(8,46-10)19-25(23)28-31(42)29-30(41)26-17-22-18-27-37(6,7)49-39(34(22)43,16-11-21(3)35(44)45-9)40(26,27)48-33(29)24-12-14-36(4,5)47-32(24)28/h11,17,22,25,27,42H,12-16,18-19H2,1-10H3/b21-11-/t22-,25?,27+,38-,39+,40-/m1/s1. The minimum atomic E-state index is -1.56. The van der Waals surface area contributed by atoms with Gasteiger partial charge in [-0.25, -0.2) is 4.79 Å². The van der Waals surface area contributed by atoms with Crippen LogP contribution in [0.3, 0.4) is 0 Å². The van der Waals surface area contributed by atoms with Gasteiger partial charge in [0.05, 0.1) is 18.3 Å². The van der Waals surface area contributed by atoms with Crippen LogP contribution in [0.5, 0.6) is 17.2 Å². The van der Waals surface area contributed by atoms with Crippen molar-refractivity contribution in [1.29, 1.82) is 0 Å². The van der Waals surface area contributed by atoms with Gasteiger partial charge in [-0.05, 0) is 93.9 Å². The number of benzene rings is 1. The Bertz CT molecular complexity index is 1790. The summed E-state index contributed by atoms with van der Waals surface area (Å²) in [7, 11) is 3.04. The Kier molecular flexibility index (Phi) is 7.49. The van der Waals surface area contributed by atoms with E-state index in [2.05, 4.69) is 20.8 Å². The van der Waals surface area contributed by atoms with Gasteiger partial charge in [-0.3, -0.25) is 9.59 Å². The Hall–Kier alpha value is -3.43. The lowest BCUT2D eigenvalue weighted by molar-refractivity contribution is -0.171. The molecule has 1 saturated heterocycles. The molecule has 0 amide bonds. The van der Waals surface area contributed by atoms with Gasteiger partial charge in [-0.2, -0.15) is 0 Å². The number of rotatable bonds is 5. The lowest BCUT2D eigenvalue weighted by Crippen LogP contribution is -2.72. The number of fused-ring (bicyclic) bond motifs is 3. The van der Waals surface area contributed by atoms with Gasteiger partial charge in [0.1, 0.15) is 28.4 Å². The molecule has 49 heavy (non-hydrogen) atoms. The Labute approximate surface area is 289 Å². The number of ketones is 2. The molecule has 1 aromatic rings. The Morgan fingerprint density at radius 2 is 1.73 bits per heavy atom. The summed E-state index contributed by atoms with van der Waals surface area (Å²) >= 11 is 0. The molecule has 4 bridgehead atoms. The minimum Gasteiger partial charge on any atom is -0.507 e. The summed E-state index contributed by atoms with van der Waals surface area (Å²) in [4.78, 5) is 42.0. The summed E-state index contributed by atoms with van der Waals surface area (Å²) < 4.78 is 31.9. The third kappa shape index (κ3) is 4.53. The number of Topliss-reactive ketones (excluding diaryl/α,β-unsaturated/α-hetero) is 2. The molecule has 264 valence electrons. The summed E-state index contributed by atoms with van der Waals surface area (Å²) in [6.07, 6.45) is 7.39. The maximum absolute atomic E-state index is 15.1. The summed E-state index contributed by atoms with van der Waals surface area (Å²) in [6.45, 7) is 15.9. The van der Waals surface area contributed by atoms with E-state index < -0.39 is 39.9 Å². The summed E-state index contributed by atoms with van der Waals surface area (Å²) in [5.41, 5.74) is -0.287. The van der Waals surface area contributed by atoms with Crippen LogP contribution >= 0.6 is 0 Å². The molecule has 3 aliphatic heterocycles. The van der Waals surface area contributed by atoms with E-state index in [0.29, 0.717) is 48.1 Å². The molecule has 0 radical (unpaired) electrons. The zero-order chi connectivity index (χ0) is 35.6. The van der Waals surface area contributed by atoms with E-state index in [1.807, 2.05) is 27.7 Å². The molecular weight excluding hydrogens is 624 g/mol. The minimum absolute atomic E-state index is 0.0283. The van der Waals surface area contributed by atoms with Gasteiger partial charge in [-0.1, -0.05) is 23.3 Å². The van der Waals surface area contributed by atoms with Gasteiger partial charge in [-0.15, -0.1) is 0 Å². The van der Waals surface area contributed by atoms with Crippen molar-refractivity contribution in [3.05, 3.63) is 51.1 Å². The molecule has 1 unspecified atom stereocenters. The zero-order valence-electron chi connectivity index (χ0n) is 30.5. The third-order valence-electron chi connectivity index (χ3n) is 12.6. The van der Waals surface area contributed by atoms with Crippen LogP contribution < -0.4 is 9.47 Å². The molecule has 6 atom stereocenters. The molecule has 0 aromatic heterocycles. The second-order valence-corrected chi connectivity index (χ2v) is 16.7. The zero-order valence-corrected chi connectivity index (χ0v) is 30.5. The number of allylic oxidation sites excluding steroid dienone is 3. The van der Waals surface area contributed by atoms with Crippen molar-refractivity contribution in [2.45, 2.75) is 134 Å². The Morgan fingerprint density at radius 3 is 2.39 bits per heavy atom. The van der Waals surface area contributed by atoms with Gasteiger partial charge >= 0.3 is 5.97 Å². The van der Waals surface area contributed by atoms with Gasteiger partial charge in [0, 0.05) is 53.6 Å². The van der Waals surface area contributed by atoms with Crippen LogP contribution in [0.4, 0.5) is 0 Å². The highest BCUT2D eigenvalue weighted by Gasteiger charge is 2.81. The van der Waals surface area contributed by atoms with Gasteiger partial charge in [0.15, 0.2) is 22.8 Å². The fourth-order valence-electron chi connectivity index (χ4n) is 9.97. The first-order valence-electron chi connectivity index (χ1n) is 17.6. The van der Waals surface area contributed by atoms with E-state index >= 15 is 4.79 Å². The van der Waals surface area contributed by atoms with Crippen molar-refractivity contribution in [1.82, 2.24) is 0 Å². The number of carbonyl (C=O) groups is 3. The molecule has 2 saturated carbocycles. The number of methoxy groups -OCH3 is 2. The average Bonchev–Trinajstić information content (AvgIpc) is 3.19. The van der Waals surface area contributed by atoms with Crippen LogP contribution in [0, 0.1) is 11.8 Å². The number of phenolic OH excluding ortho intramolecular Hbond substituents is 1. The molecule has 1 aromatic carbocycles. The van der Waals surface area contributed by atoms with Crippen LogP contribution in [0.25, 0.3) is 0 Å². The van der Waals surface area contributed by atoms with Crippen molar-refractivity contribution < 1.29 is 43.2 Å². The van der Waals surface area contributed by atoms with E-state index in [1.165, 1.54) is 18.3 Å². The quantitative estimate of drug-likeness (QED) is 0.200. The fourth-order valence-corrected chi connectivity index (χ4v) is 9.97. The average molecular weight is 675 g/mol. The summed E-state index contributed by atoms with van der Waals surface area (Å²) in [5.74, 6) is -1.48. The maximum atomic E-state index is 15.1. The monoisotopic (exact) mass is 674 g/mol. The number of hydrogen-bond donors (Lipinski definition) is 1. The lowest BCUT2D eigenvalue weighted by atomic mass is 9.51. The SMILES string of the molecule is COC(=O)/C(C)=C\C[C@@]12OC(C)(C)[C@@H]3C[C@@H](C=C4C(=O)c5c(O)c(C6C[C@](C)(OC)CCC6=C(C)C)c6c(c5O[C@]431)CCC(C)(C)O6)C2=O. The normalized spacial score (nSPS) is 35.1. The van der Waals surface area contributed by atoms with E-state index in [0.717, 1.165) is 18.4 Å². The number of hydrogen-bond acceptors (Lipinski definition) is 9. The largest absolute Gasteiger partial charge is 0.507 e. The number of phenols is 1. The smallest absolute Gasteiger partial charge is 0.333 e. The number of aromatic hydroxyl groups is 1. The van der Waals surface area contributed by atoms with Crippen LogP contribution in [0.1, 0.15) is 121 Å². The highest BCUT2D eigenvalue weighted by molar-refractivity contribution is 6.18. The second-order valence-electron chi connectivity index (χ2n) is 16.7. The molecule has 3 fully saturated rings. The summed E-state index contributed by atoms with van der Waals surface area (Å²) in [5, 5.41) is 12.5. The molecule has 9 heteroatoms. The van der Waals surface area contributed by atoms with Crippen LogP contribution in [-0.4, -0.2) is 64.9 Å². The predicted octanol–water partition coefficient (Wildman–Crippen LogP) is 7.02. The third-order valence-corrected chi connectivity index (χ3v) is 12.6. The van der Waals surface area contributed by atoms with Crippen molar-refractivity contribution in [2.24, 2.45) is 11.8 Å². The molecule has 8 rings (SSSR count). The summed E-state index contributed by atoms with van der Waals surface area (Å²) in [6, 6.07) is 0. The first-order valence-corrected chi connectivity index (χ1v) is 17.6. The number of carbonyl (C=O) groups excluding carboxylic acids is 3. The van der Waals surface area contributed by atoms with E-state index in [-0.39, 0.29) is 46.9 Å².